The van der Waals surface area contributed by atoms with Gasteiger partial charge in [-0.25, -0.2) is 0 Å². The number of carbonyl (C=O) groups is 1. The zero-order valence-corrected chi connectivity index (χ0v) is 17.1. The molecule has 2 aromatic heterocycles. The highest BCUT2D eigenvalue weighted by atomic mass is 35.5. The van der Waals surface area contributed by atoms with E-state index in [1.807, 2.05) is 48.1 Å². The summed E-state index contributed by atoms with van der Waals surface area (Å²) in [7, 11) is 0. The van der Waals surface area contributed by atoms with E-state index in [0.29, 0.717) is 29.9 Å². The summed E-state index contributed by atoms with van der Waals surface area (Å²) in [5.41, 5.74) is 1.50. The lowest BCUT2D eigenvalue weighted by Crippen LogP contribution is -2.32. The van der Waals surface area contributed by atoms with Crippen LogP contribution in [0.15, 0.2) is 47.1 Å². The Kier molecular flexibility index (Phi) is 7.00. The predicted octanol–water partition coefficient (Wildman–Crippen LogP) is 2.69. The Morgan fingerprint density at radius 1 is 1.34 bits per heavy atom. The van der Waals surface area contributed by atoms with Gasteiger partial charge in [-0.2, -0.15) is 10.1 Å². The zero-order chi connectivity index (χ0) is 19.3. The van der Waals surface area contributed by atoms with Crippen molar-refractivity contribution in [1.82, 2.24) is 30.6 Å². The van der Waals surface area contributed by atoms with Crippen LogP contribution in [-0.4, -0.2) is 38.9 Å². The molecule has 0 saturated carbocycles. The van der Waals surface area contributed by atoms with E-state index >= 15 is 0 Å². The molecule has 1 aliphatic heterocycles. The number of hydrogen-bond donors (Lipinski definition) is 2. The van der Waals surface area contributed by atoms with Gasteiger partial charge in [-0.15, -0.1) is 12.4 Å². The largest absolute Gasteiger partial charge is 0.339 e. The molecule has 3 aromatic rings. The number of hydrogen-bond acceptors (Lipinski definition) is 6. The third kappa shape index (κ3) is 5.21. The average Bonchev–Trinajstić information content (AvgIpc) is 3.39. The van der Waals surface area contributed by atoms with E-state index in [-0.39, 0.29) is 18.3 Å². The highest BCUT2D eigenvalue weighted by Crippen LogP contribution is 2.17. The van der Waals surface area contributed by atoms with Crippen LogP contribution in [0.25, 0.3) is 0 Å². The summed E-state index contributed by atoms with van der Waals surface area (Å²) >= 11 is 0. The van der Waals surface area contributed by atoms with Gasteiger partial charge in [0.15, 0.2) is 5.82 Å². The minimum atomic E-state index is -0.397. The minimum absolute atomic E-state index is 0. The molecule has 2 atom stereocenters. The molecule has 0 radical (unpaired) electrons. The van der Waals surface area contributed by atoms with Crippen LogP contribution in [0.3, 0.4) is 0 Å². The van der Waals surface area contributed by atoms with Gasteiger partial charge in [0.25, 0.3) is 5.91 Å². The third-order valence-electron chi connectivity index (χ3n) is 4.89. The van der Waals surface area contributed by atoms with Gasteiger partial charge in [-0.3, -0.25) is 9.48 Å². The molecule has 8 nitrogen and oxygen atoms in total. The summed E-state index contributed by atoms with van der Waals surface area (Å²) in [6, 6.07) is 11.6. The summed E-state index contributed by atoms with van der Waals surface area (Å²) in [5, 5.41) is 14.7. The smallest absolute Gasteiger partial charge is 0.272 e. The standard InChI is InChI=1S/C20H24N6O2.ClH/c1-14(20-23-18(25-28-20)12-15-6-3-2-4-7-15)22-19(27)17-9-11-26(24-17)16-8-5-10-21-13-16;/h2-4,6-7,9,11,14,16,21H,5,8,10,12-13H2,1H3,(H,22,27);1H. The number of carbonyl (C=O) groups excluding carboxylic acids is 1. The lowest BCUT2D eigenvalue weighted by molar-refractivity contribution is 0.0926. The quantitative estimate of drug-likeness (QED) is 0.641. The molecule has 2 N–H and O–H groups in total. The first-order valence-electron chi connectivity index (χ1n) is 9.62. The molecule has 1 aromatic carbocycles. The van der Waals surface area contributed by atoms with Gasteiger partial charge in [-0.05, 0) is 37.9 Å². The fourth-order valence-corrected chi connectivity index (χ4v) is 3.35. The number of aromatic nitrogens is 4. The molecule has 1 aliphatic rings. The predicted molar refractivity (Wildman–Crippen MR) is 110 cm³/mol. The maximum atomic E-state index is 12.5. The lowest BCUT2D eigenvalue weighted by Gasteiger charge is -2.22. The van der Waals surface area contributed by atoms with E-state index in [4.69, 9.17) is 4.52 Å². The molecule has 0 spiro atoms. The van der Waals surface area contributed by atoms with Crippen LogP contribution in [0.1, 0.15) is 59.6 Å². The maximum Gasteiger partial charge on any atom is 0.272 e. The molecule has 1 saturated heterocycles. The molecule has 2 unspecified atom stereocenters. The molecule has 29 heavy (non-hydrogen) atoms. The molecule has 154 valence electrons. The first-order chi connectivity index (χ1) is 13.7. The first kappa shape index (κ1) is 21.0. The van der Waals surface area contributed by atoms with Crippen molar-refractivity contribution in [2.45, 2.75) is 38.3 Å². The van der Waals surface area contributed by atoms with E-state index in [1.54, 1.807) is 6.07 Å². The Bertz CT molecular complexity index is 920. The van der Waals surface area contributed by atoms with E-state index in [2.05, 4.69) is 25.9 Å². The van der Waals surface area contributed by atoms with Crippen molar-refractivity contribution in [3.63, 3.8) is 0 Å². The second-order valence-electron chi connectivity index (χ2n) is 7.09. The molecule has 9 heteroatoms. The summed E-state index contributed by atoms with van der Waals surface area (Å²) in [4.78, 5) is 16.9. The Morgan fingerprint density at radius 3 is 2.93 bits per heavy atom. The molecule has 4 rings (SSSR count). The summed E-state index contributed by atoms with van der Waals surface area (Å²) in [6.07, 6.45) is 4.64. The highest BCUT2D eigenvalue weighted by Gasteiger charge is 2.21. The Hall–Kier alpha value is -2.71. The van der Waals surface area contributed by atoms with Gasteiger partial charge in [0.2, 0.25) is 5.89 Å². The molecule has 1 amide bonds. The normalized spacial score (nSPS) is 17.3. The lowest BCUT2D eigenvalue weighted by atomic mass is 10.1. The van der Waals surface area contributed by atoms with Crippen molar-refractivity contribution in [1.29, 1.82) is 0 Å². The average molecular weight is 417 g/mol. The van der Waals surface area contributed by atoms with E-state index in [1.165, 1.54) is 0 Å². The maximum absolute atomic E-state index is 12.5. The molecule has 0 bridgehead atoms. The second-order valence-corrected chi connectivity index (χ2v) is 7.09. The van der Waals surface area contributed by atoms with Gasteiger partial charge in [-0.1, -0.05) is 35.5 Å². The SMILES string of the molecule is CC(NC(=O)c1ccn(C2CCCNC2)n1)c1nc(Cc2ccccc2)no1.Cl. The van der Waals surface area contributed by atoms with Crippen LogP contribution in [0.2, 0.25) is 0 Å². The number of amides is 1. The van der Waals surface area contributed by atoms with Crippen molar-refractivity contribution in [3.8, 4) is 0 Å². The van der Waals surface area contributed by atoms with Gasteiger partial charge < -0.3 is 15.2 Å². The molecule has 0 aliphatic carbocycles. The first-order valence-corrected chi connectivity index (χ1v) is 9.62. The molecule has 3 heterocycles. The number of nitrogens with zero attached hydrogens (tertiary/aromatic N) is 4. The van der Waals surface area contributed by atoms with Crippen molar-refractivity contribution in [3.05, 3.63) is 65.6 Å². The van der Waals surface area contributed by atoms with Crippen molar-refractivity contribution >= 4 is 18.3 Å². The Labute approximate surface area is 175 Å². The fourth-order valence-electron chi connectivity index (χ4n) is 3.35. The summed E-state index contributed by atoms with van der Waals surface area (Å²) < 4.78 is 7.20. The number of rotatable bonds is 6. The van der Waals surface area contributed by atoms with E-state index in [9.17, 15) is 4.79 Å². The Balaban J connectivity index is 0.00000240. The number of halogens is 1. The van der Waals surface area contributed by atoms with Crippen LogP contribution in [0.5, 0.6) is 0 Å². The Morgan fingerprint density at radius 2 is 2.17 bits per heavy atom. The molecule has 1 fully saturated rings. The summed E-state index contributed by atoms with van der Waals surface area (Å²) in [5.74, 6) is 0.726. The number of piperidine rings is 1. The van der Waals surface area contributed by atoms with Crippen molar-refractivity contribution in [2.75, 3.05) is 13.1 Å². The third-order valence-corrected chi connectivity index (χ3v) is 4.89. The number of benzene rings is 1. The van der Waals surface area contributed by atoms with Crippen molar-refractivity contribution in [2.24, 2.45) is 0 Å². The molecular formula is C20H25ClN6O2. The van der Waals surface area contributed by atoms with Crippen molar-refractivity contribution < 1.29 is 9.32 Å². The van der Waals surface area contributed by atoms with Gasteiger partial charge in [0.05, 0.1) is 6.04 Å². The van der Waals surface area contributed by atoms with Gasteiger partial charge >= 0.3 is 0 Å². The second kappa shape index (κ2) is 9.67. The van der Waals surface area contributed by atoms with E-state index in [0.717, 1.165) is 31.5 Å². The fraction of sp³-hybridized carbons (Fsp3) is 0.400. The van der Waals surface area contributed by atoms with Gasteiger partial charge in [0.1, 0.15) is 11.7 Å². The minimum Gasteiger partial charge on any atom is -0.339 e. The van der Waals surface area contributed by atoms with Crippen LogP contribution in [0, 0.1) is 0 Å². The zero-order valence-electron chi connectivity index (χ0n) is 16.2. The van der Waals surface area contributed by atoms with Crippen LogP contribution in [-0.2, 0) is 6.42 Å². The summed E-state index contributed by atoms with van der Waals surface area (Å²) in [6.45, 7) is 3.74. The topological polar surface area (TPSA) is 97.9 Å². The van der Waals surface area contributed by atoms with E-state index < -0.39 is 6.04 Å². The van der Waals surface area contributed by atoms with Crippen LogP contribution < -0.4 is 10.6 Å². The van der Waals surface area contributed by atoms with Crippen LogP contribution in [0.4, 0.5) is 0 Å². The number of nitrogens with one attached hydrogen (secondary N) is 2. The molecular weight excluding hydrogens is 392 g/mol. The highest BCUT2D eigenvalue weighted by molar-refractivity contribution is 5.92. The van der Waals surface area contributed by atoms with Crippen LogP contribution >= 0.6 is 12.4 Å². The van der Waals surface area contributed by atoms with Gasteiger partial charge in [0, 0.05) is 19.2 Å². The monoisotopic (exact) mass is 416 g/mol.